The predicted molar refractivity (Wildman–Crippen MR) is 87.0 cm³/mol. The third-order valence-corrected chi connectivity index (χ3v) is 3.45. The SMILES string of the molecule is Cc1ccc(CCC(=O)N(C)CC(=O)Nc2cc(C)on2)cc1. The van der Waals surface area contributed by atoms with Gasteiger partial charge in [0.2, 0.25) is 11.8 Å². The summed E-state index contributed by atoms with van der Waals surface area (Å²) in [6.45, 7) is 3.75. The molecule has 0 spiro atoms. The summed E-state index contributed by atoms with van der Waals surface area (Å²) in [6, 6.07) is 9.70. The molecule has 1 heterocycles. The smallest absolute Gasteiger partial charge is 0.245 e. The molecule has 23 heavy (non-hydrogen) atoms. The summed E-state index contributed by atoms with van der Waals surface area (Å²) in [6.07, 6.45) is 1.03. The first-order valence-corrected chi connectivity index (χ1v) is 7.46. The molecule has 0 unspecified atom stereocenters. The van der Waals surface area contributed by atoms with Crippen molar-refractivity contribution >= 4 is 17.6 Å². The molecule has 0 bridgehead atoms. The number of anilines is 1. The first-order chi connectivity index (χ1) is 10.9. The lowest BCUT2D eigenvalue weighted by Crippen LogP contribution is -2.35. The molecular formula is C17H21N3O3. The first kappa shape index (κ1) is 16.7. The number of hydrogen-bond acceptors (Lipinski definition) is 4. The highest BCUT2D eigenvalue weighted by Crippen LogP contribution is 2.08. The number of aryl methyl sites for hydroxylation is 3. The standard InChI is InChI=1S/C17H21N3O3/c1-12-4-6-14(7-5-12)8-9-17(22)20(3)11-16(21)18-15-10-13(2)23-19-15/h4-7,10H,8-9,11H2,1-3H3,(H,18,19,21). The Labute approximate surface area is 135 Å². The van der Waals surface area contributed by atoms with Crippen LogP contribution in [-0.4, -0.2) is 35.5 Å². The summed E-state index contributed by atoms with van der Waals surface area (Å²) in [5.74, 6) is 0.595. The van der Waals surface area contributed by atoms with Gasteiger partial charge >= 0.3 is 0 Å². The number of rotatable bonds is 6. The Morgan fingerprint density at radius 2 is 1.91 bits per heavy atom. The van der Waals surface area contributed by atoms with Crippen molar-refractivity contribution in [2.45, 2.75) is 26.7 Å². The number of benzene rings is 1. The molecule has 6 nitrogen and oxygen atoms in total. The molecule has 0 saturated carbocycles. The van der Waals surface area contributed by atoms with Gasteiger partial charge in [-0.1, -0.05) is 35.0 Å². The normalized spacial score (nSPS) is 10.4. The fraction of sp³-hybridized carbons (Fsp3) is 0.353. The second-order valence-electron chi connectivity index (χ2n) is 5.61. The summed E-state index contributed by atoms with van der Waals surface area (Å²) in [5.41, 5.74) is 2.30. The first-order valence-electron chi connectivity index (χ1n) is 7.46. The number of carbonyl (C=O) groups is 2. The fourth-order valence-electron chi connectivity index (χ4n) is 2.11. The van der Waals surface area contributed by atoms with Crippen LogP contribution in [0, 0.1) is 13.8 Å². The molecule has 0 fully saturated rings. The number of nitrogens with one attached hydrogen (secondary N) is 1. The largest absolute Gasteiger partial charge is 0.360 e. The maximum absolute atomic E-state index is 12.1. The Morgan fingerprint density at radius 3 is 2.52 bits per heavy atom. The fourth-order valence-corrected chi connectivity index (χ4v) is 2.11. The van der Waals surface area contributed by atoms with Gasteiger partial charge in [-0.05, 0) is 25.8 Å². The van der Waals surface area contributed by atoms with Crippen LogP contribution >= 0.6 is 0 Å². The second-order valence-corrected chi connectivity index (χ2v) is 5.61. The monoisotopic (exact) mass is 315 g/mol. The van der Waals surface area contributed by atoms with Crippen molar-refractivity contribution in [3.05, 3.63) is 47.2 Å². The van der Waals surface area contributed by atoms with Gasteiger partial charge < -0.3 is 14.7 Å². The Morgan fingerprint density at radius 1 is 1.22 bits per heavy atom. The van der Waals surface area contributed by atoms with Gasteiger partial charge in [0, 0.05) is 19.5 Å². The van der Waals surface area contributed by atoms with Crippen molar-refractivity contribution < 1.29 is 14.1 Å². The average Bonchev–Trinajstić information content (AvgIpc) is 2.91. The number of aromatic nitrogens is 1. The Balaban J connectivity index is 1.77. The minimum Gasteiger partial charge on any atom is -0.360 e. The van der Waals surface area contributed by atoms with Gasteiger partial charge in [-0.25, -0.2) is 0 Å². The van der Waals surface area contributed by atoms with Crippen LogP contribution in [0.15, 0.2) is 34.9 Å². The highest BCUT2D eigenvalue weighted by molar-refractivity contribution is 5.93. The molecule has 1 N–H and O–H groups in total. The van der Waals surface area contributed by atoms with Gasteiger partial charge in [0.1, 0.15) is 5.76 Å². The van der Waals surface area contributed by atoms with Gasteiger partial charge in [-0.3, -0.25) is 9.59 Å². The molecule has 1 aromatic heterocycles. The number of amides is 2. The molecule has 1 aromatic carbocycles. The number of carbonyl (C=O) groups excluding carboxylic acids is 2. The molecule has 0 saturated heterocycles. The molecule has 0 aliphatic heterocycles. The van der Waals surface area contributed by atoms with Crippen molar-refractivity contribution in [1.82, 2.24) is 10.1 Å². The number of nitrogens with zero attached hydrogens (tertiary/aromatic N) is 2. The highest BCUT2D eigenvalue weighted by atomic mass is 16.5. The topological polar surface area (TPSA) is 75.4 Å². The number of likely N-dealkylation sites (N-methyl/N-ethyl adjacent to an activating group) is 1. The van der Waals surface area contributed by atoms with E-state index in [1.807, 2.05) is 31.2 Å². The van der Waals surface area contributed by atoms with Crippen LogP contribution in [-0.2, 0) is 16.0 Å². The maximum atomic E-state index is 12.1. The Hall–Kier alpha value is -2.63. The minimum atomic E-state index is -0.301. The summed E-state index contributed by atoms with van der Waals surface area (Å²) >= 11 is 0. The molecule has 2 aromatic rings. The van der Waals surface area contributed by atoms with Gasteiger partial charge in [0.15, 0.2) is 5.82 Å². The predicted octanol–water partition coefficient (Wildman–Crippen LogP) is 2.32. The molecule has 0 radical (unpaired) electrons. The zero-order valence-corrected chi connectivity index (χ0v) is 13.6. The second kappa shape index (κ2) is 7.58. The van der Waals surface area contributed by atoms with E-state index in [1.54, 1.807) is 20.0 Å². The van der Waals surface area contributed by atoms with Crippen LogP contribution in [0.4, 0.5) is 5.82 Å². The summed E-state index contributed by atoms with van der Waals surface area (Å²) < 4.78 is 4.87. The molecular weight excluding hydrogens is 294 g/mol. The highest BCUT2D eigenvalue weighted by Gasteiger charge is 2.14. The van der Waals surface area contributed by atoms with Crippen molar-refractivity contribution in [3.8, 4) is 0 Å². The zero-order valence-electron chi connectivity index (χ0n) is 13.6. The van der Waals surface area contributed by atoms with E-state index in [1.165, 1.54) is 10.5 Å². The van der Waals surface area contributed by atoms with E-state index in [-0.39, 0.29) is 18.4 Å². The van der Waals surface area contributed by atoms with E-state index in [9.17, 15) is 9.59 Å². The Kier molecular flexibility index (Phi) is 5.51. The minimum absolute atomic E-state index is 0.0152. The van der Waals surface area contributed by atoms with Gasteiger partial charge in [-0.2, -0.15) is 0 Å². The molecule has 2 amide bonds. The third kappa shape index (κ3) is 5.25. The molecule has 0 aliphatic carbocycles. The van der Waals surface area contributed by atoms with E-state index < -0.39 is 0 Å². The van der Waals surface area contributed by atoms with Gasteiger partial charge in [0.25, 0.3) is 0 Å². The molecule has 0 atom stereocenters. The van der Waals surface area contributed by atoms with E-state index in [0.29, 0.717) is 24.4 Å². The van der Waals surface area contributed by atoms with Crippen LogP contribution in [0.25, 0.3) is 0 Å². The Bertz CT molecular complexity index is 677. The van der Waals surface area contributed by atoms with Crippen LogP contribution < -0.4 is 5.32 Å². The lowest BCUT2D eigenvalue weighted by molar-refractivity contribution is -0.133. The lowest BCUT2D eigenvalue weighted by atomic mass is 10.1. The maximum Gasteiger partial charge on any atom is 0.245 e. The van der Waals surface area contributed by atoms with E-state index in [2.05, 4.69) is 10.5 Å². The van der Waals surface area contributed by atoms with Crippen molar-refractivity contribution in [2.24, 2.45) is 0 Å². The van der Waals surface area contributed by atoms with Crippen LogP contribution in [0.1, 0.15) is 23.3 Å². The number of hydrogen-bond donors (Lipinski definition) is 1. The zero-order chi connectivity index (χ0) is 16.8. The van der Waals surface area contributed by atoms with E-state index in [4.69, 9.17) is 4.52 Å². The molecule has 0 aliphatic rings. The molecule has 122 valence electrons. The van der Waals surface area contributed by atoms with Crippen molar-refractivity contribution in [2.75, 3.05) is 18.9 Å². The van der Waals surface area contributed by atoms with Gasteiger partial charge in [-0.15, -0.1) is 0 Å². The van der Waals surface area contributed by atoms with Crippen molar-refractivity contribution in [1.29, 1.82) is 0 Å². The lowest BCUT2D eigenvalue weighted by Gasteiger charge is -2.16. The van der Waals surface area contributed by atoms with Crippen LogP contribution in [0.3, 0.4) is 0 Å². The summed E-state index contributed by atoms with van der Waals surface area (Å²) in [4.78, 5) is 25.4. The molecule has 6 heteroatoms. The summed E-state index contributed by atoms with van der Waals surface area (Å²) in [5, 5.41) is 6.27. The van der Waals surface area contributed by atoms with Crippen molar-refractivity contribution in [3.63, 3.8) is 0 Å². The van der Waals surface area contributed by atoms with E-state index >= 15 is 0 Å². The van der Waals surface area contributed by atoms with Crippen LogP contribution in [0.5, 0.6) is 0 Å². The van der Waals surface area contributed by atoms with E-state index in [0.717, 1.165) is 5.56 Å². The van der Waals surface area contributed by atoms with Gasteiger partial charge in [0.05, 0.1) is 6.54 Å². The quantitative estimate of drug-likeness (QED) is 0.887. The van der Waals surface area contributed by atoms with Crippen LogP contribution in [0.2, 0.25) is 0 Å². The average molecular weight is 315 g/mol. The third-order valence-electron chi connectivity index (χ3n) is 3.45. The summed E-state index contributed by atoms with van der Waals surface area (Å²) in [7, 11) is 1.62. The molecule has 2 rings (SSSR count).